The van der Waals surface area contributed by atoms with Crippen molar-refractivity contribution in [3.05, 3.63) is 52.3 Å². The van der Waals surface area contributed by atoms with Gasteiger partial charge in [0.25, 0.3) is 0 Å². The number of hydrogen-bond acceptors (Lipinski definition) is 5. The Bertz CT molecular complexity index is 720. The summed E-state index contributed by atoms with van der Waals surface area (Å²) in [5, 5.41) is 23.5. The highest BCUT2D eigenvalue weighted by atomic mass is 16.6. The maximum Gasteiger partial charge on any atom is 0.328 e. The normalized spacial score (nSPS) is 10.7. The van der Waals surface area contributed by atoms with E-state index in [4.69, 9.17) is 9.84 Å². The van der Waals surface area contributed by atoms with Gasteiger partial charge in [0.2, 0.25) is 5.75 Å². The van der Waals surface area contributed by atoms with Crippen LogP contribution in [-0.4, -0.2) is 25.8 Å². The van der Waals surface area contributed by atoms with Crippen molar-refractivity contribution in [3.8, 4) is 11.5 Å². The summed E-state index contributed by atoms with van der Waals surface area (Å²) in [7, 11) is 1.70. The molecule has 0 bridgehead atoms. The molecule has 0 amide bonds. The van der Waals surface area contributed by atoms with E-state index in [0.29, 0.717) is 11.3 Å². The van der Waals surface area contributed by atoms with Gasteiger partial charge < -0.3 is 9.84 Å². The number of carboxylic acid groups (broad SMARTS) is 1. The molecular weight excluding hydrogens is 278 g/mol. The number of carboxylic acids is 1. The molecule has 0 saturated heterocycles. The molecule has 0 unspecified atom stereocenters. The lowest BCUT2D eigenvalue weighted by Gasteiger charge is -2.04. The minimum Gasteiger partial charge on any atom is -0.478 e. The van der Waals surface area contributed by atoms with Crippen LogP contribution in [0.5, 0.6) is 11.5 Å². The van der Waals surface area contributed by atoms with Gasteiger partial charge in [0.1, 0.15) is 0 Å². The predicted molar refractivity (Wildman–Crippen MR) is 73.0 cm³/mol. The van der Waals surface area contributed by atoms with Crippen LogP contribution in [0.4, 0.5) is 5.69 Å². The van der Waals surface area contributed by atoms with Crippen LogP contribution in [0.25, 0.3) is 6.08 Å². The monoisotopic (exact) mass is 289 g/mol. The number of hydrogen-bond donors (Lipinski definition) is 1. The number of nitro benzene ring substituents is 1. The first-order chi connectivity index (χ1) is 9.95. The SMILES string of the molecule is Cn1cc(Oc2ccc(/C=C/C(=O)O)cc2[N+](=O)[O-])cn1. The zero-order valence-electron chi connectivity index (χ0n) is 11.0. The number of aromatic nitrogens is 2. The van der Waals surface area contributed by atoms with Crippen molar-refractivity contribution in [2.45, 2.75) is 0 Å². The second-order valence-corrected chi connectivity index (χ2v) is 4.11. The highest BCUT2D eigenvalue weighted by Gasteiger charge is 2.16. The molecule has 2 aromatic rings. The molecule has 0 saturated carbocycles. The lowest BCUT2D eigenvalue weighted by Crippen LogP contribution is -1.94. The van der Waals surface area contributed by atoms with Gasteiger partial charge in [0.05, 0.1) is 17.3 Å². The molecule has 0 atom stereocenters. The largest absolute Gasteiger partial charge is 0.478 e. The quantitative estimate of drug-likeness (QED) is 0.513. The number of aryl methyl sites for hydroxylation is 1. The van der Waals surface area contributed by atoms with Gasteiger partial charge in [-0.05, 0) is 17.7 Å². The Hall–Kier alpha value is -3.16. The van der Waals surface area contributed by atoms with E-state index in [1.807, 2.05) is 0 Å². The maximum absolute atomic E-state index is 11.1. The first-order valence-corrected chi connectivity index (χ1v) is 5.81. The van der Waals surface area contributed by atoms with E-state index < -0.39 is 10.9 Å². The molecule has 8 nitrogen and oxygen atoms in total. The van der Waals surface area contributed by atoms with Gasteiger partial charge >= 0.3 is 11.7 Å². The van der Waals surface area contributed by atoms with Crippen molar-refractivity contribution in [3.63, 3.8) is 0 Å². The first-order valence-electron chi connectivity index (χ1n) is 5.81. The van der Waals surface area contributed by atoms with E-state index in [9.17, 15) is 14.9 Å². The zero-order valence-corrected chi connectivity index (χ0v) is 11.0. The van der Waals surface area contributed by atoms with E-state index in [1.54, 1.807) is 13.2 Å². The minimum atomic E-state index is -1.13. The number of aliphatic carboxylic acids is 1. The van der Waals surface area contributed by atoms with Crippen LogP contribution in [0.3, 0.4) is 0 Å². The molecule has 108 valence electrons. The Kier molecular flexibility index (Phi) is 3.98. The van der Waals surface area contributed by atoms with Gasteiger partial charge in [-0.15, -0.1) is 0 Å². The van der Waals surface area contributed by atoms with Gasteiger partial charge in [0, 0.05) is 19.2 Å². The highest BCUT2D eigenvalue weighted by molar-refractivity contribution is 5.85. The number of carbonyl (C=O) groups is 1. The number of ether oxygens (including phenoxy) is 1. The third kappa shape index (κ3) is 3.66. The first kappa shape index (κ1) is 14.3. The van der Waals surface area contributed by atoms with E-state index >= 15 is 0 Å². The van der Waals surface area contributed by atoms with Crippen molar-refractivity contribution < 1.29 is 19.6 Å². The van der Waals surface area contributed by atoms with Crippen molar-refractivity contribution in [2.75, 3.05) is 0 Å². The summed E-state index contributed by atoms with van der Waals surface area (Å²) in [4.78, 5) is 20.9. The zero-order chi connectivity index (χ0) is 15.4. The van der Waals surface area contributed by atoms with Gasteiger partial charge in [-0.2, -0.15) is 5.10 Å². The molecule has 21 heavy (non-hydrogen) atoms. The third-order valence-electron chi connectivity index (χ3n) is 2.51. The summed E-state index contributed by atoms with van der Waals surface area (Å²) in [6, 6.07) is 4.18. The Morgan fingerprint density at radius 1 is 1.52 bits per heavy atom. The van der Waals surface area contributed by atoms with Crippen molar-refractivity contribution in [2.24, 2.45) is 7.05 Å². The fraction of sp³-hybridized carbons (Fsp3) is 0.0769. The number of nitrogens with zero attached hydrogens (tertiary/aromatic N) is 3. The summed E-state index contributed by atoms with van der Waals surface area (Å²) in [6.45, 7) is 0. The van der Waals surface area contributed by atoms with E-state index in [-0.39, 0.29) is 11.4 Å². The molecule has 1 N–H and O–H groups in total. The molecule has 0 radical (unpaired) electrons. The summed E-state index contributed by atoms with van der Waals surface area (Å²) in [5.74, 6) is -0.705. The topological polar surface area (TPSA) is 107 Å². The van der Waals surface area contributed by atoms with Gasteiger partial charge in [0.15, 0.2) is 5.75 Å². The molecule has 0 aliphatic carbocycles. The second kappa shape index (κ2) is 5.87. The Morgan fingerprint density at radius 2 is 2.29 bits per heavy atom. The predicted octanol–water partition coefficient (Wildman–Crippen LogP) is 2.22. The minimum absolute atomic E-state index is 0.0560. The average Bonchev–Trinajstić information content (AvgIpc) is 2.82. The molecule has 0 spiro atoms. The van der Waals surface area contributed by atoms with Crippen LogP contribution in [-0.2, 0) is 11.8 Å². The van der Waals surface area contributed by atoms with E-state index in [1.165, 1.54) is 35.2 Å². The molecule has 1 heterocycles. The van der Waals surface area contributed by atoms with Crippen LogP contribution >= 0.6 is 0 Å². The fourth-order valence-corrected chi connectivity index (χ4v) is 1.61. The Morgan fingerprint density at radius 3 is 2.86 bits per heavy atom. The van der Waals surface area contributed by atoms with E-state index in [0.717, 1.165) is 6.08 Å². The van der Waals surface area contributed by atoms with Crippen LogP contribution in [0, 0.1) is 10.1 Å². The number of benzene rings is 1. The standard InChI is InChI=1S/C13H11N3O5/c1-15-8-10(7-14-15)21-12-4-2-9(3-5-13(17)18)6-11(12)16(19)20/h2-8H,1H3,(H,17,18)/b5-3+. The number of nitro groups is 1. The fourth-order valence-electron chi connectivity index (χ4n) is 1.61. The van der Waals surface area contributed by atoms with Crippen LogP contribution in [0.1, 0.15) is 5.56 Å². The summed E-state index contributed by atoms with van der Waals surface area (Å²) < 4.78 is 6.91. The van der Waals surface area contributed by atoms with Gasteiger partial charge in [-0.25, -0.2) is 4.79 Å². The van der Waals surface area contributed by atoms with Crippen LogP contribution in [0.2, 0.25) is 0 Å². The summed E-state index contributed by atoms with van der Waals surface area (Å²) in [6.07, 6.45) is 5.17. The average molecular weight is 289 g/mol. The van der Waals surface area contributed by atoms with Crippen molar-refractivity contribution >= 4 is 17.7 Å². The molecule has 8 heteroatoms. The summed E-state index contributed by atoms with van der Waals surface area (Å²) >= 11 is 0. The third-order valence-corrected chi connectivity index (χ3v) is 2.51. The molecule has 0 aliphatic heterocycles. The second-order valence-electron chi connectivity index (χ2n) is 4.11. The molecular formula is C13H11N3O5. The van der Waals surface area contributed by atoms with Gasteiger partial charge in [-0.3, -0.25) is 14.8 Å². The molecule has 1 aromatic carbocycles. The van der Waals surface area contributed by atoms with Crippen molar-refractivity contribution in [1.29, 1.82) is 0 Å². The molecule has 1 aromatic heterocycles. The van der Waals surface area contributed by atoms with E-state index in [2.05, 4.69) is 5.10 Å². The number of rotatable bonds is 5. The van der Waals surface area contributed by atoms with Gasteiger partial charge in [-0.1, -0.05) is 6.07 Å². The van der Waals surface area contributed by atoms with Crippen molar-refractivity contribution in [1.82, 2.24) is 9.78 Å². The smallest absolute Gasteiger partial charge is 0.328 e. The molecule has 0 fully saturated rings. The lowest BCUT2D eigenvalue weighted by atomic mass is 10.1. The molecule has 2 rings (SSSR count). The lowest BCUT2D eigenvalue weighted by molar-refractivity contribution is -0.385. The Balaban J connectivity index is 2.33. The van der Waals surface area contributed by atoms with Crippen LogP contribution < -0.4 is 4.74 Å². The maximum atomic E-state index is 11.1. The van der Waals surface area contributed by atoms with Crippen LogP contribution in [0.15, 0.2) is 36.7 Å². The summed E-state index contributed by atoms with van der Waals surface area (Å²) in [5.41, 5.74) is 0.133. The highest BCUT2D eigenvalue weighted by Crippen LogP contribution is 2.32. The Labute approximate surface area is 119 Å². The molecule has 0 aliphatic rings.